The lowest BCUT2D eigenvalue weighted by atomic mass is 9.97. The van der Waals surface area contributed by atoms with Gasteiger partial charge in [0.25, 0.3) is 0 Å². The van der Waals surface area contributed by atoms with Crippen molar-refractivity contribution in [3.8, 4) is 0 Å². The van der Waals surface area contributed by atoms with E-state index in [0.717, 1.165) is 49.0 Å². The number of halogens is 1. The Morgan fingerprint density at radius 1 is 1.04 bits per heavy atom. The van der Waals surface area contributed by atoms with Gasteiger partial charge in [-0.2, -0.15) is 0 Å². The highest BCUT2D eigenvalue weighted by atomic mass is 35.5. The predicted molar refractivity (Wildman–Crippen MR) is 118 cm³/mol. The number of carbonyl (C=O) groups is 1. The van der Waals surface area contributed by atoms with Crippen LogP contribution in [0, 0.1) is 0 Å². The SMILES string of the molecule is CC[C@H](C)c1ccccc1NC(=O)[C@@H](C)N1CCN(c2ccccc2Cl)CC1. The lowest BCUT2D eigenvalue weighted by Gasteiger charge is -2.38. The van der Waals surface area contributed by atoms with E-state index >= 15 is 0 Å². The zero-order valence-corrected chi connectivity index (χ0v) is 17.7. The maximum atomic E-state index is 12.9. The fraction of sp³-hybridized carbons (Fsp3) is 0.435. The van der Waals surface area contributed by atoms with Gasteiger partial charge in [0.2, 0.25) is 5.91 Å². The first-order valence-corrected chi connectivity index (χ1v) is 10.5. The molecule has 0 unspecified atom stereocenters. The molecule has 1 heterocycles. The summed E-state index contributed by atoms with van der Waals surface area (Å²) in [6.45, 7) is 9.77. The van der Waals surface area contributed by atoms with Crippen LogP contribution in [0.15, 0.2) is 48.5 Å². The monoisotopic (exact) mass is 399 g/mol. The van der Waals surface area contributed by atoms with Crippen molar-refractivity contribution < 1.29 is 4.79 Å². The number of carbonyl (C=O) groups excluding carboxylic acids is 1. The fourth-order valence-electron chi connectivity index (χ4n) is 3.72. The number of nitrogens with one attached hydrogen (secondary N) is 1. The molecule has 1 fully saturated rings. The Balaban J connectivity index is 1.60. The second kappa shape index (κ2) is 9.44. The number of para-hydroxylation sites is 2. The second-order valence-electron chi connectivity index (χ2n) is 7.54. The van der Waals surface area contributed by atoms with Gasteiger partial charge in [-0.1, -0.05) is 55.8 Å². The van der Waals surface area contributed by atoms with Crippen molar-refractivity contribution in [1.82, 2.24) is 4.90 Å². The number of nitrogens with zero attached hydrogens (tertiary/aromatic N) is 2. The van der Waals surface area contributed by atoms with Gasteiger partial charge in [0, 0.05) is 31.9 Å². The Kier molecular flexibility index (Phi) is 6.97. The van der Waals surface area contributed by atoms with E-state index in [-0.39, 0.29) is 11.9 Å². The summed E-state index contributed by atoms with van der Waals surface area (Å²) in [5.74, 6) is 0.480. The standard InChI is InChI=1S/C23H30ClN3O/c1-4-17(2)19-9-5-7-11-21(19)25-23(28)18(3)26-13-15-27(16-14-26)22-12-8-6-10-20(22)24/h5-12,17-18H,4,13-16H2,1-3H3,(H,25,28)/t17-,18+/m0/s1. The summed E-state index contributed by atoms with van der Waals surface area (Å²) in [5.41, 5.74) is 3.21. The summed E-state index contributed by atoms with van der Waals surface area (Å²) < 4.78 is 0. The van der Waals surface area contributed by atoms with Gasteiger partial charge >= 0.3 is 0 Å². The van der Waals surface area contributed by atoms with Crippen molar-refractivity contribution in [2.45, 2.75) is 39.2 Å². The topological polar surface area (TPSA) is 35.6 Å². The van der Waals surface area contributed by atoms with Crippen LogP contribution in [0.25, 0.3) is 0 Å². The highest BCUT2D eigenvalue weighted by molar-refractivity contribution is 6.33. The Morgan fingerprint density at radius 3 is 2.36 bits per heavy atom. The van der Waals surface area contributed by atoms with E-state index in [4.69, 9.17) is 11.6 Å². The first-order valence-electron chi connectivity index (χ1n) is 10.1. The lowest BCUT2D eigenvalue weighted by molar-refractivity contribution is -0.120. The molecule has 2 atom stereocenters. The van der Waals surface area contributed by atoms with Gasteiger partial charge in [-0.3, -0.25) is 9.69 Å². The molecule has 0 aromatic heterocycles. The van der Waals surface area contributed by atoms with Gasteiger partial charge < -0.3 is 10.2 Å². The molecule has 1 amide bonds. The molecular weight excluding hydrogens is 370 g/mol. The molecule has 2 aromatic carbocycles. The number of amides is 1. The number of anilines is 2. The lowest BCUT2D eigenvalue weighted by Crippen LogP contribution is -2.53. The summed E-state index contributed by atoms with van der Waals surface area (Å²) in [7, 11) is 0. The first-order chi connectivity index (χ1) is 13.5. The molecule has 0 aliphatic carbocycles. The molecule has 0 bridgehead atoms. The van der Waals surface area contributed by atoms with E-state index in [1.54, 1.807) is 0 Å². The van der Waals surface area contributed by atoms with Crippen molar-refractivity contribution in [1.29, 1.82) is 0 Å². The molecule has 28 heavy (non-hydrogen) atoms. The average molecular weight is 400 g/mol. The maximum absolute atomic E-state index is 12.9. The first kappa shape index (κ1) is 20.7. The summed E-state index contributed by atoms with van der Waals surface area (Å²) in [6.07, 6.45) is 1.05. The van der Waals surface area contributed by atoms with Crippen molar-refractivity contribution in [3.63, 3.8) is 0 Å². The van der Waals surface area contributed by atoms with E-state index in [0.29, 0.717) is 5.92 Å². The molecular formula is C23H30ClN3O. The minimum absolute atomic E-state index is 0.0574. The minimum Gasteiger partial charge on any atom is -0.368 e. The van der Waals surface area contributed by atoms with Crippen molar-refractivity contribution in [3.05, 3.63) is 59.1 Å². The fourth-order valence-corrected chi connectivity index (χ4v) is 3.98. The van der Waals surface area contributed by atoms with Crippen LogP contribution in [0.4, 0.5) is 11.4 Å². The average Bonchev–Trinajstić information content (AvgIpc) is 2.73. The normalized spacial score (nSPS) is 17.2. The molecule has 0 spiro atoms. The van der Waals surface area contributed by atoms with Crippen LogP contribution in [-0.2, 0) is 4.79 Å². The Bertz CT molecular complexity index is 802. The summed E-state index contributed by atoms with van der Waals surface area (Å²) in [6, 6.07) is 15.9. The van der Waals surface area contributed by atoms with E-state index in [9.17, 15) is 4.79 Å². The molecule has 150 valence electrons. The molecule has 1 aliphatic heterocycles. The van der Waals surface area contributed by atoms with Gasteiger partial charge in [-0.05, 0) is 43.0 Å². The Morgan fingerprint density at radius 2 is 1.68 bits per heavy atom. The van der Waals surface area contributed by atoms with E-state index in [1.807, 2.05) is 43.3 Å². The Labute approximate surface area is 173 Å². The third-order valence-corrected chi connectivity index (χ3v) is 6.12. The molecule has 5 heteroatoms. The zero-order chi connectivity index (χ0) is 20.1. The quantitative estimate of drug-likeness (QED) is 0.742. The van der Waals surface area contributed by atoms with Crippen LogP contribution in [0.3, 0.4) is 0 Å². The van der Waals surface area contributed by atoms with Crippen molar-refractivity contribution in [2.24, 2.45) is 0 Å². The van der Waals surface area contributed by atoms with Gasteiger partial charge in [0.15, 0.2) is 0 Å². The number of rotatable bonds is 6. The molecule has 2 aromatic rings. The Hall–Kier alpha value is -2.04. The molecule has 0 radical (unpaired) electrons. The third-order valence-electron chi connectivity index (χ3n) is 5.80. The molecule has 1 aliphatic rings. The maximum Gasteiger partial charge on any atom is 0.241 e. The van der Waals surface area contributed by atoms with Crippen molar-refractivity contribution >= 4 is 28.9 Å². The molecule has 0 saturated carbocycles. The molecule has 1 N–H and O–H groups in total. The highest BCUT2D eigenvalue weighted by Crippen LogP contribution is 2.28. The van der Waals surface area contributed by atoms with E-state index in [1.165, 1.54) is 5.56 Å². The van der Waals surface area contributed by atoms with E-state index < -0.39 is 0 Å². The molecule has 1 saturated heterocycles. The summed E-state index contributed by atoms with van der Waals surface area (Å²) in [4.78, 5) is 17.4. The van der Waals surface area contributed by atoms with Crippen LogP contribution >= 0.6 is 11.6 Å². The largest absolute Gasteiger partial charge is 0.368 e. The van der Waals surface area contributed by atoms with Gasteiger partial charge in [0.05, 0.1) is 16.8 Å². The molecule has 3 rings (SSSR count). The van der Waals surface area contributed by atoms with E-state index in [2.05, 4.69) is 41.1 Å². The minimum atomic E-state index is -0.168. The van der Waals surface area contributed by atoms with Crippen LogP contribution in [0.1, 0.15) is 38.7 Å². The number of hydrogen-bond acceptors (Lipinski definition) is 3. The number of benzene rings is 2. The van der Waals surface area contributed by atoms with Crippen LogP contribution in [0.5, 0.6) is 0 Å². The van der Waals surface area contributed by atoms with Crippen LogP contribution in [-0.4, -0.2) is 43.0 Å². The number of hydrogen-bond donors (Lipinski definition) is 1. The third kappa shape index (κ3) is 4.68. The zero-order valence-electron chi connectivity index (χ0n) is 17.0. The van der Waals surface area contributed by atoms with Crippen LogP contribution in [0.2, 0.25) is 5.02 Å². The highest BCUT2D eigenvalue weighted by Gasteiger charge is 2.26. The summed E-state index contributed by atoms with van der Waals surface area (Å²) in [5, 5.41) is 3.94. The smallest absolute Gasteiger partial charge is 0.241 e. The van der Waals surface area contributed by atoms with Gasteiger partial charge in [-0.25, -0.2) is 0 Å². The predicted octanol–water partition coefficient (Wildman–Crippen LogP) is 5.00. The summed E-state index contributed by atoms with van der Waals surface area (Å²) >= 11 is 6.33. The van der Waals surface area contributed by atoms with Gasteiger partial charge in [0.1, 0.15) is 0 Å². The van der Waals surface area contributed by atoms with Gasteiger partial charge in [-0.15, -0.1) is 0 Å². The molecule has 4 nitrogen and oxygen atoms in total. The number of piperazine rings is 1. The van der Waals surface area contributed by atoms with Crippen LogP contribution < -0.4 is 10.2 Å². The van der Waals surface area contributed by atoms with Crippen molar-refractivity contribution in [2.75, 3.05) is 36.4 Å². The second-order valence-corrected chi connectivity index (χ2v) is 7.94.